The molecule has 9 heteroatoms. The van der Waals surface area contributed by atoms with Gasteiger partial charge in [-0.3, -0.25) is 10.2 Å². The molecule has 1 atom stereocenters. The van der Waals surface area contributed by atoms with Gasteiger partial charge < -0.3 is 20.2 Å². The van der Waals surface area contributed by atoms with Gasteiger partial charge in [0, 0.05) is 22.3 Å². The predicted octanol–water partition coefficient (Wildman–Crippen LogP) is 4.29. The average molecular weight is 489 g/mol. The van der Waals surface area contributed by atoms with Gasteiger partial charge in [-0.05, 0) is 35.9 Å². The number of benzodiazepines with no additional fused rings is 1. The minimum Gasteiger partial charge on any atom is -0.472 e. The molecule has 9 nitrogen and oxygen atoms in total. The predicted molar refractivity (Wildman–Crippen MR) is 139 cm³/mol. The van der Waals surface area contributed by atoms with E-state index in [2.05, 4.69) is 21.4 Å². The molecule has 5 rings (SSSR count). The number of aliphatic imine (C=N–C) groups is 2. The molecule has 2 heterocycles. The molecular weight excluding hydrogens is 468 g/mol. The number of hydrogen-bond donors (Lipinski definition) is 3. The van der Waals surface area contributed by atoms with Gasteiger partial charge in [-0.1, -0.05) is 48.5 Å². The normalized spacial score (nSPS) is 15.0. The Morgan fingerprint density at radius 3 is 2.59 bits per heavy atom. The zero-order valence-corrected chi connectivity index (χ0v) is 19.4. The van der Waals surface area contributed by atoms with E-state index in [9.17, 15) is 10.1 Å². The number of nitrogens with one attached hydrogen (secondary N) is 2. The van der Waals surface area contributed by atoms with Gasteiger partial charge in [0.2, 0.25) is 12.1 Å². The van der Waals surface area contributed by atoms with Crippen LogP contribution in [-0.4, -0.2) is 29.7 Å². The topological polar surface area (TPSA) is 150 Å². The Bertz CT molecular complexity index is 1580. The summed E-state index contributed by atoms with van der Waals surface area (Å²) in [5.41, 5.74) is 10.7. The van der Waals surface area contributed by atoms with Gasteiger partial charge in [0.1, 0.15) is 0 Å². The van der Waals surface area contributed by atoms with E-state index in [1.54, 1.807) is 30.3 Å². The molecule has 1 aliphatic rings. The highest BCUT2D eigenvalue weighted by Crippen LogP contribution is 2.27. The van der Waals surface area contributed by atoms with Gasteiger partial charge >= 0.3 is 0 Å². The molecule has 0 bridgehead atoms. The van der Waals surface area contributed by atoms with E-state index >= 15 is 0 Å². The summed E-state index contributed by atoms with van der Waals surface area (Å²) in [7, 11) is 0. The van der Waals surface area contributed by atoms with Gasteiger partial charge in [-0.25, -0.2) is 4.99 Å². The molecule has 0 aliphatic carbocycles. The number of nitriles is 1. The SMILES string of the molecule is N#Cc1ccc(C(=N)OC(N)=NC2N=C(c3ccccc3)c3ccccc3NC2=O)c(-c2ccoc2)c1. The van der Waals surface area contributed by atoms with Crippen molar-refractivity contribution in [1.82, 2.24) is 0 Å². The van der Waals surface area contributed by atoms with E-state index < -0.39 is 18.1 Å². The van der Waals surface area contributed by atoms with Crippen molar-refractivity contribution >= 4 is 29.2 Å². The smallest absolute Gasteiger partial charge is 0.291 e. The van der Waals surface area contributed by atoms with Crippen LogP contribution in [0, 0.1) is 16.7 Å². The second-order valence-corrected chi connectivity index (χ2v) is 8.03. The van der Waals surface area contributed by atoms with Gasteiger partial charge in [-0.15, -0.1) is 0 Å². The number of carbonyl (C=O) groups is 1. The quantitative estimate of drug-likeness (QED) is 0.289. The Hall–Kier alpha value is -5.49. The van der Waals surface area contributed by atoms with E-state index in [0.29, 0.717) is 33.7 Å². The number of para-hydroxylation sites is 1. The minimum absolute atomic E-state index is 0.313. The molecule has 1 aromatic heterocycles. The third-order valence-electron chi connectivity index (χ3n) is 5.65. The third-order valence-corrected chi connectivity index (χ3v) is 5.65. The number of ether oxygens (including phenoxy) is 1. The Kier molecular flexibility index (Phi) is 6.30. The molecule has 0 saturated carbocycles. The maximum Gasteiger partial charge on any atom is 0.291 e. The molecule has 4 aromatic rings. The second kappa shape index (κ2) is 10.0. The van der Waals surface area contributed by atoms with Crippen LogP contribution in [0.15, 0.2) is 106 Å². The summed E-state index contributed by atoms with van der Waals surface area (Å²) in [6, 6.07) is 24.9. The molecule has 1 aliphatic heterocycles. The minimum atomic E-state index is -1.25. The second-order valence-electron chi connectivity index (χ2n) is 8.03. The Morgan fingerprint density at radius 1 is 1.05 bits per heavy atom. The zero-order chi connectivity index (χ0) is 25.8. The maximum atomic E-state index is 13.0. The summed E-state index contributed by atoms with van der Waals surface area (Å²) in [5.74, 6) is -0.805. The number of nitrogens with two attached hydrogens (primary N) is 1. The molecule has 0 fully saturated rings. The Labute approximate surface area is 212 Å². The standard InChI is InChI=1S/C28H20N6O3/c29-15-17-10-11-20(22(14-17)19-12-13-36-16-19)25(30)37-28(31)34-26-27(35)32-23-9-5-4-8-21(23)24(33-26)18-6-2-1-3-7-18/h1-14,16,26,30H,(H2,31,34)(H,32,35). The molecule has 0 saturated heterocycles. The van der Waals surface area contributed by atoms with Crippen LogP contribution in [-0.2, 0) is 9.53 Å². The largest absolute Gasteiger partial charge is 0.472 e. The van der Waals surface area contributed by atoms with Crippen LogP contribution in [0.4, 0.5) is 5.69 Å². The molecular formula is C28H20N6O3. The number of anilines is 1. The number of fused-ring (bicyclic) bond motifs is 1. The van der Waals surface area contributed by atoms with Crippen molar-refractivity contribution in [3.8, 4) is 17.2 Å². The fourth-order valence-corrected chi connectivity index (χ4v) is 3.93. The first-order valence-corrected chi connectivity index (χ1v) is 11.2. The highest BCUT2D eigenvalue weighted by atomic mass is 16.5. The monoisotopic (exact) mass is 488 g/mol. The van der Waals surface area contributed by atoms with Crippen LogP contribution in [0.25, 0.3) is 11.1 Å². The summed E-state index contributed by atoms with van der Waals surface area (Å²) in [5, 5.41) is 20.6. The zero-order valence-electron chi connectivity index (χ0n) is 19.4. The molecule has 1 amide bonds. The molecule has 0 radical (unpaired) electrons. The highest BCUT2D eigenvalue weighted by molar-refractivity contribution is 6.19. The molecule has 1 unspecified atom stereocenters. The Morgan fingerprint density at radius 2 is 1.84 bits per heavy atom. The van der Waals surface area contributed by atoms with Crippen LogP contribution < -0.4 is 11.1 Å². The van der Waals surface area contributed by atoms with Crippen LogP contribution in [0.1, 0.15) is 22.3 Å². The number of nitrogens with zero attached hydrogens (tertiary/aromatic N) is 3. The molecule has 37 heavy (non-hydrogen) atoms. The molecule has 3 aromatic carbocycles. The van der Waals surface area contributed by atoms with Gasteiger partial charge in [-0.2, -0.15) is 10.3 Å². The van der Waals surface area contributed by atoms with Crippen molar-refractivity contribution in [2.45, 2.75) is 6.17 Å². The lowest BCUT2D eigenvalue weighted by atomic mass is 9.99. The van der Waals surface area contributed by atoms with Gasteiger partial charge in [0.05, 0.1) is 35.6 Å². The van der Waals surface area contributed by atoms with Gasteiger partial charge in [0.15, 0.2) is 0 Å². The fourth-order valence-electron chi connectivity index (χ4n) is 3.93. The average Bonchev–Trinajstić information content (AvgIpc) is 3.42. The van der Waals surface area contributed by atoms with Crippen molar-refractivity contribution in [3.05, 3.63) is 114 Å². The van der Waals surface area contributed by atoms with Gasteiger partial charge in [0.25, 0.3) is 11.9 Å². The molecule has 180 valence electrons. The lowest BCUT2D eigenvalue weighted by Crippen LogP contribution is -2.29. The van der Waals surface area contributed by atoms with Crippen molar-refractivity contribution in [1.29, 1.82) is 10.7 Å². The summed E-state index contributed by atoms with van der Waals surface area (Å²) in [6.45, 7) is 0. The number of hydrogen-bond acceptors (Lipinski definition) is 7. The molecule has 4 N–H and O–H groups in total. The first kappa shape index (κ1) is 23.3. The highest BCUT2D eigenvalue weighted by Gasteiger charge is 2.26. The maximum absolute atomic E-state index is 13.0. The van der Waals surface area contributed by atoms with Crippen molar-refractivity contribution in [2.75, 3.05) is 5.32 Å². The van der Waals surface area contributed by atoms with E-state index in [0.717, 1.165) is 11.1 Å². The first-order valence-electron chi connectivity index (χ1n) is 11.2. The Balaban J connectivity index is 1.47. The third kappa shape index (κ3) is 4.85. The number of furan rings is 1. The number of rotatable bonds is 4. The molecule has 0 spiro atoms. The van der Waals surface area contributed by atoms with Crippen LogP contribution in [0.3, 0.4) is 0 Å². The van der Waals surface area contributed by atoms with Crippen molar-refractivity contribution in [3.63, 3.8) is 0 Å². The van der Waals surface area contributed by atoms with Crippen LogP contribution in [0.5, 0.6) is 0 Å². The summed E-state index contributed by atoms with van der Waals surface area (Å²) in [4.78, 5) is 21.8. The fraction of sp³-hybridized carbons (Fsp3) is 0.0357. The van der Waals surface area contributed by atoms with E-state index in [-0.39, 0.29) is 5.90 Å². The lowest BCUT2D eigenvalue weighted by molar-refractivity contribution is -0.117. The van der Waals surface area contributed by atoms with Crippen molar-refractivity contribution in [2.24, 2.45) is 15.7 Å². The number of amidine groups is 1. The number of benzene rings is 3. The van der Waals surface area contributed by atoms with E-state index in [1.807, 2.05) is 48.5 Å². The summed E-state index contributed by atoms with van der Waals surface area (Å²) < 4.78 is 10.7. The van der Waals surface area contributed by atoms with Crippen molar-refractivity contribution < 1.29 is 13.9 Å². The van der Waals surface area contributed by atoms with Crippen LogP contribution >= 0.6 is 0 Å². The van der Waals surface area contributed by atoms with E-state index in [4.69, 9.17) is 20.3 Å². The number of carbonyl (C=O) groups excluding carboxylic acids is 1. The summed E-state index contributed by atoms with van der Waals surface area (Å²) in [6.07, 6.45) is 1.74. The summed E-state index contributed by atoms with van der Waals surface area (Å²) >= 11 is 0. The van der Waals surface area contributed by atoms with E-state index in [1.165, 1.54) is 12.5 Å². The first-order chi connectivity index (χ1) is 18.0. The number of amides is 1. The lowest BCUT2D eigenvalue weighted by Gasteiger charge is -2.12. The van der Waals surface area contributed by atoms with Crippen LogP contribution in [0.2, 0.25) is 0 Å².